The van der Waals surface area contributed by atoms with Crippen LogP contribution < -0.4 is 0 Å². The number of hydrogen-bond donors (Lipinski definition) is 0. The molecule has 0 unspecified atom stereocenters. The summed E-state index contributed by atoms with van der Waals surface area (Å²) in [6.07, 6.45) is 6.61. The Kier molecular flexibility index (Phi) is 7.71. The summed E-state index contributed by atoms with van der Waals surface area (Å²) in [5.41, 5.74) is 1.95. The first-order chi connectivity index (χ1) is 6.77. The van der Waals surface area contributed by atoms with Crippen LogP contribution in [0.2, 0.25) is 0 Å². The van der Waals surface area contributed by atoms with Gasteiger partial charge in [-0.1, -0.05) is 17.6 Å². The quantitative estimate of drug-likeness (QED) is 0.691. The van der Waals surface area contributed by atoms with Crippen LogP contribution in [0, 0.1) is 19.5 Å². The predicted molar refractivity (Wildman–Crippen MR) is 58.8 cm³/mol. The van der Waals surface area contributed by atoms with Gasteiger partial charge in [-0.25, -0.2) is 0 Å². The average Bonchev–Trinajstić information content (AvgIpc) is 2.19. The molecule has 2 nitrogen and oxygen atoms in total. The van der Waals surface area contributed by atoms with E-state index in [9.17, 15) is 0 Å². The minimum atomic E-state index is 0. The third kappa shape index (κ3) is 4.81. The summed E-state index contributed by atoms with van der Waals surface area (Å²) in [7, 11) is 0. The van der Waals surface area contributed by atoms with Crippen molar-refractivity contribution in [1.82, 2.24) is 9.97 Å². The van der Waals surface area contributed by atoms with E-state index in [1.165, 1.54) is 0 Å². The van der Waals surface area contributed by atoms with Crippen LogP contribution in [-0.4, -0.2) is 9.97 Å². The van der Waals surface area contributed by atoms with E-state index in [0.29, 0.717) is 0 Å². The summed E-state index contributed by atoms with van der Waals surface area (Å²) in [5, 5.41) is 1.06. The second kappa shape index (κ2) is 7.89. The molecule has 2 aromatic rings. The van der Waals surface area contributed by atoms with Crippen LogP contribution in [-0.2, 0) is 32.7 Å². The molecule has 0 amide bonds. The van der Waals surface area contributed by atoms with E-state index in [4.69, 9.17) is 0 Å². The zero-order chi connectivity index (χ0) is 10.4. The normalized spacial score (nSPS) is 8.73. The van der Waals surface area contributed by atoms with Gasteiger partial charge in [0.05, 0.1) is 0 Å². The Hall–Kier alpha value is -0.336. The third-order valence-corrected chi connectivity index (χ3v) is 1.57. The van der Waals surface area contributed by atoms with Crippen molar-refractivity contribution < 1.29 is 32.7 Å². The molecule has 2 heterocycles. The smallest absolute Gasteiger partial charge is 0.0271 e. The fourth-order valence-electron chi connectivity index (χ4n) is 1.02. The van der Waals surface area contributed by atoms with Crippen LogP contribution in [0.5, 0.6) is 0 Å². The molecule has 15 heavy (non-hydrogen) atoms. The van der Waals surface area contributed by atoms with Gasteiger partial charge in [0.25, 0.3) is 0 Å². The molecule has 0 aliphatic heterocycles. The van der Waals surface area contributed by atoms with E-state index in [1.807, 2.05) is 45.5 Å². The molecular formula is C12H14N2Y-2. The van der Waals surface area contributed by atoms with Gasteiger partial charge in [0.15, 0.2) is 0 Å². The van der Waals surface area contributed by atoms with E-state index >= 15 is 0 Å². The van der Waals surface area contributed by atoms with Crippen LogP contribution in [0.25, 0.3) is 10.9 Å². The number of aryl methyl sites for hydroxylation is 1. The first kappa shape index (κ1) is 14.7. The second-order valence-electron chi connectivity index (χ2n) is 3.04. The summed E-state index contributed by atoms with van der Waals surface area (Å²) in [4.78, 5) is 8.23. The van der Waals surface area contributed by atoms with Gasteiger partial charge in [0.1, 0.15) is 0 Å². The molecule has 0 saturated heterocycles. The van der Waals surface area contributed by atoms with E-state index in [2.05, 4.69) is 16.2 Å². The van der Waals surface area contributed by atoms with E-state index < -0.39 is 0 Å². The molecule has 1 radical (unpaired) electrons. The monoisotopic (exact) mass is 275 g/mol. The Morgan fingerprint density at radius 2 is 2.00 bits per heavy atom. The molecule has 0 aliphatic rings. The fourth-order valence-corrected chi connectivity index (χ4v) is 1.02. The van der Waals surface area contributed by atoms with Crippen molar-refractivity contribution in [3.63, 3.8) is 0 Å². The maximum Gasteiger partial charge on any atom is 0.0271 e. The van der Waals surface area contributed by atoms with Gasteiger partial charge in [0.2, 0.25) is 0 Å². The number of hydrogen-bond acceptors (Lipinski definition) is 2. The molecule has 3 heteroatoms. The van der Waals surface area contributed by atoms with Gasteiger partial charge >= 0.3 is 0 Å². The van der Waals surface area contributed by atoms with Gasteiger partial charge in [-0.3, -0.25) is 4.98 Å². The van der Waals surface area contributed by atoms with Crippen LogP contribution in [0.1, 0.15) is 19.5 Å². The molecule has 2 aromatic heterocycles. The van der Waals surface area contributed by atoms with Crippen LogP contribution in [0.3, 0.4) is 0 Å². The minimum Gasteiger partial charge on any atom is -0.386 e. The Labute approximate surface area is 116 Å². The zero-order valence-corrected chi connectivity index (χ0v) is 12.2. The summed E-state index contributed by atoms with van der Waals surface area (Å²) in [5.74, 6) is 0. The van der Waals surface area contributed by atoms with Gasteiger partial charge in [0, 0.05) is 44.6 Å². The molecule has 0 fully saturated rings. The molecule has 0 aromatic carbocycles. The van der Waals surface area contributed by atoms with Crippen molar-refractivity contribution in [1.29, 1.82) is 0 Å². The van der Waals surface area contributed by atoms with Crippen molar-refractivity contribution in [3.05, 3.63) is 42.7 Å². The van der Waals surface area contributed by atoms with E-state index in [1.54, 1.807) is 6.07 Å². The van der Waals surface area contributed by atoms with Gasteiger partial charge in [-0.05, 0) is 12.4 Å². The van der Waals surface area contributed by atoms with Crippen LogP contribution in [0.4, 0.5) is 0 Å². The van der Waals surface area contributed by atoms with Crippen molar-refractivity contribution in [2.45, 2.75) is 20.8 Å². The van der Waals surface area contributed by atoms with Crippen molar-refractivity contribution in [2.24, 2.45) is 0 Å². The number of nitrogens with zero attached hydrogens (tertiary/aromatic N) is 2. The first-order valence-corrected chi connectivity index (χ1v) is 4.61. The molecule has 0 aliphatic carbocycles. The Morgan fingerprint density at radius 3 is 2.67 bits per heavy atom. The Bertz CT molecular complexity index is 401. The molecule has 0 atom stereocenters. The topological polar surface area (TPSA) is 25.8 Å². The first-order valence-electron chi connectivity index (χ1n) is 4.61. The van der Waals surface area contributed by atoms with Crippen molar-refractivity contribution in [2.75, 3.05) is 0 Å². The Balaban J connectivity index is 0.000000443. The van der Waals surface area contributed by atoms with Crippen LogP contribution in [0.15, 0.2) is 24.4 Å². The summed E-state index contributed by atoms with van der Waals surface area (Å²) >= 11 is 0. The number of rotatable bonds is 0. The second-order valence-corrected chi connectivity index (χ2v) is 3.04. The molecular weight excluding hydrogens is 261 g/mol. The third-order valence-electron chi connectivity index (χ3n) is 1.57. The molecule has 0 saturated carbocycles. The summed E-state index contributed by atoms with van der Waals surface area (Å²) < 4.78 is 0. The molecule has 77 valence electrons. The Morgan fingerprint density at radius 1 is 1.33 bits per heavy atom. The zero-order valence-electron chi connectivity index (χ0n) is 9.36. The van der Waals surface area contributed by atoms with Gasteiger partial charge in [-0.2, -0.15) is 26.0 Å². The largest absolute Gasteiger partial charge is 0.386 e. The van der Waals surface area contributed by atoms with E-state index in [0.717, 1.165) is 16.6 Å². The maximum absolute atomic E-state index is 4.15. The van der Waals surface area contributed by atoms with Crippen LogP contribution >= 0.6 is 0 Å². The number of fused-ring (bicyclic) bond motifs is 1. The average molecular weight is 275 g/mol. The standard InChI is InChI=1S/C9H7N2.C3H7.Y/c1-7-5-9-8(6-11-7)3-2-4-10-9;1-3-2;/h2-3,5-6H,1H3;3H,1-2H3;/q2*-1;. The summed E-state index contributed by atoms with van der Waals surface area (Å²) in [6.45, 7) is 5.95. The van der Waals surface area contributed by atoms with Crippen molar-refractivity contribution >= 4 is 10.9 Å². The molecule has 0 spiro atoms. The summed E-state index contributed by atoms with van der Waals surface area (Å²) in [6, 6.07) is 5.69. The minimum absolute atomic E-state index is 0. The molecule has 2 rings (SSSR count). The van der Waals surface area contributed by atoms with Gasteiger partial charge < -0.3 is 11.4 Å². The van der Waals surface area contributed by atoms with Gasteiger partial charge in [-0.15, -0.1) is 0 Å². The fraction of sp³-hybridized carbons (Fsp3) is 0.250. The predicted octanol–water partition coefficient (Wildman–Crippen LogP) is 2.97. The number of aromatic nitrogens is 2. The van der Waals surface area contributed by atoms with E-state index in [-0.39, 0.29) is 32.7 Å². The number of pyridine rings is 2. The maximum atomic E-state index is 4.15. The molecule has 0 bridgehead atoms. The SMILES string of the molecule is C[CH-]C.Cc1cc2n[c-]ccc2cn1.[Y]. The molecule has 0 N–H and O–H groups in total. The van der Waals surface area contributed by atoms with Crippen molar-refractivity contribution in [3.8, 4) is 0 Å².